The highest BCUT2D eigenvalue weighted by Crippen LogP contribution is 2.11. The van der Waals surface area contributed by atoms with Gasteiger partial charge in [0.1, 0.15) is 5.82 Å². The van der Waals surface area contributed by atoms with E-state index >= 15 is 0 Å². The Kier molecular flexibility index (Phi) is 2.33. The molecule has 3 aromatic heterocycles. The summed E-state index contributed by atoms with van der Waals surface area (Å²) in [5, 5.41) is 0. The smallest absolute Gasteiger partial charge is 0.406 e. The Labute approximate surface area is 102 Å². The highest BCUT2D eigenvalue weighted by Gasteiger charge is 2.10. The number of anilines is 1. The van der Waals surface area contributed by atoms with E-state index in [1.807, 2.05) is 0 Å². The molecule has 0 saturated carbocycles. The number of nitrogen functional groups attached to an aromatic ring is 1. The first-order valence-electron chi connectivity index (χ1n) is 5.39. The zero-order chi connectivity index (χ0) is 12.5. The van der Waals surface area contributed by atoms with Crippen molar-refractivity contribution in [3.8, 4) is 0 Å². The van der Waals surface area contributed by atoms with Gasteiger partial charge in [-0.1, -0.05) is 0 Å². The van der Waals surface area contributed by atoms with Gasteiger partial charge < -0.3 is 10.2 Å². The van der Waals surface area contributed by atoms with Crippen LogP contribution in [0, 0.1) is 0 Å². The highest BCUT2D eigenvalue weighted by atomic mass is 16.4. The van der Waals surface area contributed by atoms with Crippen molar-refractivity contribution in [2.24, 2.45) is 0 Å². The van der Waals surface area contributed by atoms with Crippen molar-refractivity contribution in [1.82, 2.24) is 14.5 Å². The van der Waals surface area contributed by atoms with Gasteiger partial charge in [-0.25, -0.2) is 14.8 Å². The largest absolute Gasteiger partial charge is 0.421 e. The van der Waals surface area contributed by atoms with Crippen molar-refractivity contribution >= 4 is 17.0 Å². The lowest BCUT2D eigenvalue weighted by Crippen LogP contribution is -2.15. The molecular weight excluding hydrogens is 232 g/mol. The summed E-state index contributed by atoms with van der Waals surface area (Å²) in [4.78, 5) is 19.8. The van der Waals surface area contributed by atoms with Crippen molar-refractivity contribution in [3.05, 3.63) is 52.8 Å². The normalized spacial score (nSPS) is 10.9. The molecule has 3 rings (SSSR count). The monoisotopic (exact) mass is 242 g/mol. The zero-order valence-electron chi connectivity index (χ0n) is 9.41. The van der Waals surface area contributed by atoms with Gasteiger partial charge in [0.2, 0.25) is 0 Å². The molecule has 0 unspecified atom stereocenters. The van der Waals surface area contributed by atoms with Crippen LogP contribution in [0.25, 0.3) is 11.2 Å². The van der Waals surface area contributed by atoms with Crippen LogP contribution >= 0.6 is 0 Å². The molecule has 6 nitrogen and oxygen atoms in total. The average molecular weight is 242 g/mol. The van der Waals surface area contributed by atoms with Crippen LogP contribution in [0.15, 0.2) is 45.9 Å². The molecule has 0 aliphatic rings. The summed E-state index contributed by atoms with van der Waals surface area (Å²) in [5.74, 6) is -0.0135. The third kappa shape index (κ3) is 1.73. The molecular formula is C12H10N4O2. The predicted octanol–water partition coefficient (Wildman–Crippen LogP) is 1.02. The first-order valence-corrected chi connectivity index (χ1v) is 5.39. The van der Waals surface area contributed by atoms with Crippen LogP contribution in [0.2, 0.25) is 0 Å². The van der Waals surface area contributed by atoms with E-state index < -0.39 is 5.76 Å². The van der Waals surface area contributed by atoms with E-state index in [2.05, 4.69) is 9.97 Å². The van der Waals surface area contributed by atoms with Crippen molar-refractivity contribution in [2.45, 2.75) is 6.54 Å². The molecule has 6 heteroatoms. The SMILES string of the molecule is Nc1cc(Cn2c(=O)oc3cccnc32)ccn1. The molecule has 0 fully saturated rings. The molecule has 2 N–H and O–H groups in total. The number of nitrogens with zero attached hydrogens (tertiary/aromatic N) is 3. The van der Waals surface area contributed by atoms with Crippen molar-refractivity contribution in [3.63, 3.8) is 0 Å². The standard InChI is InChI=1S/C12H10N4O2/c13-10-6-8(3-5-14-10)7-16-11-9(18-12(16)17)2-1-4-15-11/h1-6H,7H2,(H2,13,14). The molecule has 0 atom stereocenters. The number of hydrogen-bond acceptors (Lipinski definition) is 5. The Morgan fingerprint density at radius 1 is 1.28 bits per heavy atom. The summed E-state index contributed by atoms with van der Waals surface area (Å²) >= 11 is 0. The molecule has 0 amide bonds. The summed E-state index contributed by atoms with van der Waals surface area (Å²) in [6.07, 6.45) is 3.22. The Bertz CT molecular complexity index is 760. The minimum absolute atomic E-state index is 0.357. The van der Waals surface area contributed by atoms with Gasteiger partial charge in [0.25, 0.3) is 0 Å². The fourth-order valence-electron chi connectivity index (χ4n) is 1.81. The number of fused-ring (bicyclic) bond motifs is 1. The van der Waals surface area contributed by atoms with E-state index in [4.69, 9.17) is 10.2 Å². The summed E-state index contributed by atoms with van der Waals surface area (Å²) < 4.78 is 6.56. The zero-order valence-corrected chi connectivity index (χ0v) is 9.41. The minimum atomic E-state index is -0.431. The van der Waals surface area contributed by atoms with Crippen LogP contribution in [0.5, 0.6) is 0 Å². The van der Waals surface area contributed by atoms with Gasteiger partial charge in [-0.2, -0.15) is 0 Å². The lowest BCUT2D eigenvalue weighted by Gasteiger charge is -2.02. The Morgan fingerprint density at radius 3 is 3.00 bits per heavy atom. The number of oxazole rings is 1. The molecule has 0 bridgehead atoms. The van der Waals surface area contributed by atoms with Crippen LogP contribution in [0.3, 0.4) is 0 Å². The van der Waals surface area contributed by atoms with Gasteiger partial charge in [-0.3, -0.25) is 4.57 Å². The molecule has 90 valence electrons. The molecule has 0 spiro atoms. The summed E-state index contributed by atoms with van der Waals surface area (Å²) in [7, 11) is 0. The van der Waals surface area contributed by atoms with E-state index in [1.54, 1.807) is 36.7 Å². The van der Waals surface area contributed by atoms with Crippen molar-refractivity contribution in [2.75, 3.05) is 5.73 Å². The average Bonchev–Trinajstić information content (AvgIpc) is 2.66. The van der Waals surface area contributed by atoms with Crippen LogP contribution in [0.4, 0.5) is 5.82 Å². The summed E-state index contributed by atoms with van der Waals surface area (Å²) in [6.45, 7) is 0.357. The van der Waals surface area contributed by atoms with E-state index in [9.17, 15) is 4.79 Å². The van der Waals surface area contributed by atoms with E-state index in [0.717, 1.165) is 5.56 Å². The molecule has 0 aliphatic carbocycles. The van der Waals surface area contributed by atoms with E-state index in [1.165, 1.54) is 4.57 Å². The first kappa shape index (κ1) is 10.5. The third-order valence-corrected chi connectivity index (χ3v) is 2.61. The predicted molar refractivity (Wildman–Crippen MR) is 66.0 cm³/mol. The number of aromatic nitrogens is 3. The second-order valence-electron chi connectivity index (χ2n) is 3.87. The van der Waals surface area contributed by atoms with Crippen molar-refractivity contribution in [1.29, 1.82) is 0 Å². The van der Waals surface area contributed by atoms with Gasteiger partial charge in [0.15, 0.2) is 11.2 Å². The molecule has 3 heterocycles. The minimum Gasteiger partial charge on any atom is -0.406 e. The third-order valence-electron chi connectivity index (χ3n) is 2.61. The maximum atomic E-state index is 11.7. The Morgan fingerprint density at radius 2 is 2.17 bits per heavy atom. The van der Waals surface area contributed by atoms with E-state index in [0.29, 0.717) is 23.6 Å². The fourth-order valence-corrected chi connectivity index (χ4v) is 1.81. The van der Waals surface area contributed by atoms with E-state index in [-0.39, 0.29) is 0 Å². The number of hydrogen-bond donors (Lipinski definition) is 1. The lowest BCUT2D eigenvalue weighted by molar-refractivity contribution is 0.517. The topological polar surface area (TPSA) is 86.9 Å². The quantitative estimate of drug-likeness (QED) is 0.724. The summed E-state index contributed by atoms with van der Waals surface area (Å²) in [5.41, 5.74) is 7.48. The number of rotatable bonds is 2. The Balaban J connectivity index is 2.10. The Hall–Kier alpha value is -2.63. The molecule has 3 aromatic rings. The molecule has 0 saturated heterocycles. The second-order valence-corrected chi connectivity index (χ2v) is 3.87. The van der Waals surface area contributed by atoms with Crippen molar-refractivity contribution < 1.29 is 4.42 Å². The van der Waals surface area contributed by atoms with Gasteiger partial charge >= 0.3 is 5.76 Å². The fraction of sp³-hybridized carbons (Fsp3) is 0.0833. The lowest BCUT2D eigenvalue weighted by atomic mass is 10.2. The highest BCUT2D eigenvalue weighted by molar-refractivity contribution is 5.67. The van der Waals surface area contributed by atoms with Gasteiger partial charge in [0.05, 0.1) is 6.54 Å². The molecule has 18 heavy (non-hydrogen) atoms. The van der Waals surface area contributed by atoms with Crippen LogP contribution < -0.4 is 11.5 Å². The first-order chi connectivity index (χ1) is 8.74. The van der Waals surface area contributed by atoms with Crippen LogP contribution in [0.1, 0.15) is 5.56 Å². The second kappa shape index (κ2) is 3.99. The van der Waals surface area contributed by atoms with Crippen LogP contribution in [-0.2, 0) is 6.54 Å². The van der Waals surface area contributed by atoms with Gasteiger partial charge in [0, 0.05) is 12.4 Å². The molecule has 0 radical (unpaired) electrons. The molecule has 0 aliphatic heterocycles. The number of nitrogens with two attached hydrogens (primary N) is 1. The summed E-state index contributed by atoms with van der Waals surface area (Å²) in [6, 6.07) is 6.94. The maximum Gasteiger partial charge on any atom is 0.421 e. The maximum absolute atomic E-state index is 11.7. The van der Waals surface area contributed by atoms with Crippen LogP contribution in [-0.4, -0.2) is 14.5 Å². The van der Waals surface area contributed by atoms with Gasteiger partial charge in [-0.15, -0.1) is 0 Å². The van der Waals surface area contributed by atoms with Gasteiger partial charge in [-0.05, 0) is 29.8 Å². The number of pyridine rings is 2. The molecule has 0 aromatic carbocycles.